The van der Waals surface area contributed by atoms with Crippen molar-refractivity contribution in [3.05, 3.63) is 12.4 Å². The Kier molecular flexibility index (Phi) is 4.02. The Balaban J connectivity index is 2.11. The quantitative estimate of drug-likeness (QED) is 0.832. The SMILES string of the molecule is COc1cncc(NC2(CCl)CCOCC2)n1. The van der Waals surface area contributed by atoms with Crippen LogP contribution in [0.1, 0.15) is 12.8 Å². The van der Waals surface area contributed by atoms with Crippen molar-refractivity contribution in [1.82, 2.24) is 9.97 Å². The van der Waals surface area contributed by atoms with Gasteiger partial charge in [-0.3, -0.25) is 4.98 Å². The highest BCUT2D eigenvalue weighted by atomic mass is 35.5. The first kappa shape index (κ1) is 12.4. The Bertz CT molecular complexity index is 369. The first-order valence-electron chi connectivity index (χ1n) is 5.56. The van der Waals surface area contributed by atoms with E-state index in [1.807, 2.05) is 0 Å². The molecule has 0 radical (unpaired) electrons. The molecule has 2 heterocycles. The molecule has 0 unspecified atom stereocenters. The van der Waals surface area contributed by atoms with Gasteiger partial charge in [0, 0.05) is 19.1 Å². The van der Waals surface area contributed by atoms with Crippen LogP contribution in [0, 0.1) is 0 Å². The molecule has 1 aliphatic heterocycles. The van der Waals surface area contributed by atoms with Gasteiger partial charge in [-0.15, -0.1) is 11.6 Å². The summed E-state index contributed by atoms with van der Waals surface area (Å²) in [7, 11) is 1.57. The van der Waals surface area contributed by atoms with Crippen LogP contribution in [-0.2, 0) is 4.74 Å². The lowest BCUT2D eigenvalue weighted by Crippen LogP contribution is -2.45. The van der Waals surface area contributed by atoms with Gasteiger partial charge in [0.25, 0.3) is 0 Å². The molecule has 5 nitrogen and oxygen atoms in total. The Labute approximate surface area is 105 Å². The molecule has 1 aromatic heterocycles. The van der Waals surface area contributed by atoms with Crippen molar-refractivity contribution in [2.24, 2.45) is 0 Å². The Morgan fingerprint density at radius 2 is 2.24 bits per heavy atom. The van der Waals surface area contributed by atoms with Crippen molar-refractivity contribution >= 4 is 17.4 Å². The van der Waals surface area contributed by atoms with E-state index in [0.29, 0.717) is 17.6 Å². The zero-order valence-electron chi connectivity index (χ0n) is 9.78. The van der Waals surface area contributed by atoms with Crippen molar-refractivity contribution < 1.29 is 9.47 Å². The maximum atomic E-state index is 6.06. The molecule has 1 saturated heterocycles. The van der Waals surface area contributed by atoms with E-state index in [2.05, 4.69) is 15.3 Å². The molecule has 0 aromatic carbocycles. The lowest BCUT2D eigenvalue weighted by molar-refractivity contribution is 0.0666. The van der Waals surface area contributed by atoms with Gasteiger partial charge in [0.05, 0.1) is 25.0 Å². The summed E-state index contributed by atoms with van der Waals surface area (Å²) >= 11 is 6.06. The van der Waals surface area contributed by atoms with E-state index in [9.17, 15) is 0 Å². The van der Waals surface area contributed by atoms with E-state index in [1.54, 1.807) is 19.5 Å². The highest BCUT2D eigenvalue weighted by Crippen LogP contribution is 2.26. The van der Waals surface area contributed by atoms with Crippen LogP contribution in [-0.4, -0.2) is 41.7 Å². The number of rotatable bonds is 4. The fourth-order valence-corrected chi connectivity index (χ4v) is 2.17. The topological polar surface area (TPSA) is 56.3 Å². The molecule has 17 heavy (non-hydrogen) atoms. The summed E-state index contributed by atoms with van der Waals surface area (Å²) in [6, 6.07) is 0. The van der Waals surface area contributed by atoms with Gasteiger partial charge in [-0.1, -0.05) is 0 Å². The summed E-state index contributed by atoms with van der Waals surface area (Å²) in [4.78, 5) is 8.35. The van der Waals surface area contributed by atoms with Crippen LogP contribution in [0.5, 0.6) is 5.88 Å². The summed E-state index contributed by atoms with van der Waals surface area (Å²) in [5.74, 6) is 1.70. The van der Waals surface area contributed by atoms with E-state index < -0.39 is 0 Å². The second-order valence-corrected chi connectivity index (χ2v) is 4.37. The van der Waals surface area contributed by atoms with Crippen LogP contribution in [0.2, 0.25) is 0 Å². The van der Waals surface area contributed by atoms with E-state index >= 15 is 0 Å². The monoisotopic (exact) mass is 257 g/mol. The smallest absolute Gasteiger partial charge is 0.233 e. The molecule has 6 heteroatoms. The van der Waals surface area contributed by atoms with Crippen molar-refractivity contribution in [2.45, 2.75) is 18.4 Å². The van der Waals surface area contributed by atoms with E-state index in [0.717, 1.165) is 26.1 Å². The molecule has 0 aliphatic carbocycles. The largest absolute Gasteiger partial charge is 0.480 e. The van der Waals surface area contributed by atoms with Crippen molar-refractivity contribution in [2.75, 3.05) is 31.5 Å². The minimum absolute atomic E-state index is 0.152. The molecule has 0 bridgehead atoms. The van der Waals surface area contributed by atoms with Gasteiger partial charge in [0.2, 0.25) is 5.88 Å². The molecule has 1 N–H and O–H groups in total. The number of anilines is 1. The number of hydrogen-bond donors (Lipinski definition) is 1. The van der Waals surface area contributed by atoms with Crippen LogP contribution < -0.4 is 10.1 Å². The molecular formula is C11H16ClN3O2. The van der Waals surface area contributed by atoms with Gasteiger partial charge in [-0.2, -0.15) is 4.98 Å². The lowest BCUT2D eigenvalue weighted by atomic mass is 9.92. The van der Waals surface area contributed by atoms with Gasteiger partial charge in [-0.05, 0) is 12.8 Å². The number of aromatic nitrogens is 2. The van der Waals surface area contributed by atoms with Crippen LogP contribution in [0.3, 0.4) is 0 Å². The summed E-state index contributed by atoms with van der Waals surface area (Å²) in [6.45, 7) is 1.44. The Morgan fingerprint density at radius 1 is 1.47 bits per heavy atom. The molecular weight excluding hydrogens is 242 g/mol. The summed E-state index contributed by atoms with van der Waals surface area (Å²) in [6.07, 6.45) is 4.99. The van der Waals surface area contributed by atoms with Crippen LogP contribution >= 0.6 is 11.6 Å². The highest BCUT2D eigenvalue weighted by molar-refractivity contribution is 6.18. The third-order valence-corrected chi connectivity index (χ3v) is 3.43. The van der Waals surface area contributed by atoms with Gasteiger partial charge >= 0.3 is 0 Å². The number of hydrogen-bond acceptors (Lipinski definition) is 5. The molecule has 94 valence electrons. The second-order valence-electron chi connectivity index (χ2n) is 4.10. The van der Waals surface area contributed by atoms with Crippen molar-refractivity contribution in [1.29, 1.82) is 0 Å². The number of ether oxygens (including phenoxy) is 2. The maximum Gasteiger partial charge on any atom is 0.233 e. The average Bonchev–Trinajstić information content (AvgIpc) is 2.40. The summed E-state index contributed by atoms with van der Waals surface area (Å²) < 4.78 is 10.4. The molecule has 0 atom stereocenters. The first-order valence-corrected chi connectivity index (χ1v) is 6.09. The van der Waals surface area contributed by atoms with E-state index in [-0.39, 0.29) is 5.54 Å². The van der Waals surface area contributed by atoms with Gasteiger partial charge in [0.1, 0.15) is 5.82 Å². The molecule has 0 saturated carbocycles. The second kappa shape index (κ2) is 5.51. The predicted molar refractivity (Wildman–Crippen MR) is 65.7 cm³/mol. The molecule has 1 fully saturated rings. The number of methoxy groups -OCH3 is 1. The normalized spacial score (nSPS) is 18.7. The predicted octanol–water partition coefficient (Wildman–Crippen LogP) is 1.69. The third kappa shape index (κ3) is 2.98. The molecule has 1 aromatic rings. The summed E-state index contributed by atoms with van der Waals surface area (Å²) in [5, 5.41) is 3.35. The Hall–Kier alpha value is -1.07. The molecule has 1 aliphatic rings. The average molecular weight is 258 g/mol. The summed E-state index contributed by atoms with van der Waals surface area (Å²) in [5.41, 5.74) is -0.152. The van der Waals surface area contributed by atoms with Crippen LogP contribution in [0.25, 0.3) is 0 Å². The molecule has 2 rings (SSSR count). The standard InChI is InChI=1S/C11H16ClN3O2/c1-16-10-7-13-6-9(14-10)15-11(8-12)2-4-17-5-3-11/h6-7H,2-5,8H2,1H3,(H,14,15). The number of nitrogens with one attached hydrogen (secondary N) is 1. The van der Waals surface area contributed by atoms with E-state index in [4.69, 9.17) is 21.1 Å². The van der Waals surface area contributed by atoms with Crippen molar-refractivity contribution in [3.63, 3.8) is 0 Å². The van der Waals surface area contributed by atoms with Crippen LogP contribution in [0.15, 0.2) is 12.4 Å². The van der Waals surface area contributed by atoms with E-state index in [1.165, 1.54) is 0 Å². The third-order valence-electron chi connectivity index (χ3n) is 2.92. The first-order chi connectivity index (χ1) is 8.28. The zero-order valence-corrected chi connectivity index (χ0v) is 10.5. The lowest BCUT2D eigenvalue weighted by Gasteiger charge is -2.36. The van der Waals surface area contributed by atoms with Crippen molar-refractivity contribution in [3.8, 4) is 5.88 Å². The van der Waals surface area contributed by atoms with Gasteiger partial charge in [-0.25, -0.2) is 0 Å². The van der Waals surface area contributed by atoms with Crippen LogP contribution in [0.4, 0.5) is 5.82 Å². The number of halogens is 1. The Morgan fingerprint density at radius 3 is 2.88 bits per heavy atom. The number of nitrogens with zero attached hydrogens (tertiary/aromatic N) is 2. The molecule has 0 amide bonds. The highest BCUT2D eigenvalue weighted by Gasteiger charge is 2.32. The minimum atomic E-state index is -0.152. The fraction of sp³-hybridized carbons (Fsp3) is 0.636. The minimum Gasteiger partial charge on any atom is -0.480 e. The van der Waals surface area contributed by atoms with Gasteiger partial charge < -0.3 is 14.8 Å². The number of alkyl halides is 1. The molecule has 0 spiro atoms. The maximum absolute atomic E-state index is 6.06. The van der Waals surface area contributed by atoms with Gasteiger partial charge in [0.15, 0.2) is 0 Å². The zero-order chi connectivity index (χ0) is 12.1. The fourth-order valence-electron chi connectivity index (χ4n) is 1.83.